The van der Waals surface area contributed by atoms with Crippen molar-refractivity contribution in [3.8, 4) is 0 Å². The number of primary amides is 1. The third-order valence-corrected chi connectivity index (χ3v) is 3.23. The molecule has 0 spiro atoms. The van der Waals surface area contributed by atoms with Gasteiger partial charge < -0.3 is 15.6 Å². The van der Waals surface area contributed by atoms with Crippen LogP contribution in [0, 0.1) is 5.92 Å². The van der Waals surface area contributed by atoms with Crippen molar-refractivity contribution in [3.63, 3.8) is 0 Å². The van der Waals surface area contributed by atoms with Crippen LogP contribution in [0.15, 0.2) is 23.1 Å². The number of piperidine rings is 1. The molecular weight excluding hydrogens is 234 g/mol. The van der Waals surface area contributed by atoms with E-state index in [1.54, 1.807) is 11.0 Å². The molecule has 1 aliphatic heterocycles. The van der Waals surface area contributed by atoms with Crippen LogP contribution < -0.4 is 11.3 Å². The number of likely N-dealkylation sites (tertiary alicyclic amines) is 1. The van der Waals surface area contributed by atoms with Gasteiger partial charge in [0, 0.05) is 25.2 Å². The third kappa shape index (κ3) is 2.42. The van der Waals surface area contributed by atoms with E-state index < -0.39 is 0 Å². The lowest BCUT2D eigenvalue weighted by molar-refractivity contribution is -0.123. The molecule has 1 saturated heterocycles. The minimum Gasteiger partial charge on any atom is -0.369 e. The average molecular weight is 249 g/mol. The molecule has 0 atom stereocenters. The highest BCUT2D eigenvalue weighted by Gasteiger charge is 2.27. The summed E-state index contributed by atoms with van der Waals surface area (Å²) in [4.78, 5) is 38.7. The first kappa shape index (κ1) is 12.3. The Bertz CT molecular complexity index is 515. The molecule has 0 aliphatic carbocycles. The molecule has 1 aromatic heterocycles. The number of amides is 2. The molecule has 1 aromatic rings. The lowest BCUT2D eigenvalue weighted by Gasteiger charge is -2.30. The van der Waals surface area contributed by atoms with Crippen LogP contribution in [0.5, 0.6) is 0 Å². The maximum atomic E-state index is 12.1. The molecule has 0 radical (unpaired) electrons. The number of rotatable bonds is 2. The molecular formula is C12H15N3O3. The van der Waals surface area contributed by atoms with Gasteiger partial charge in [0.2, 0.25) is 5.91 Å². The van der Waals surface area contributed by atoms with Crippen LogP contribution in [0.25, 0.3) is 0 Å². The second-order valence-corrected chi connectivity index (χ2v) is 4.38. The Morgan fingerprint density at radius 1 is 1.33 bits per heavy atom. The molecule has 0 unspecified atom stereocenters. The number of nitrogens with two attached hydrogens (primary N) is 1. The van der Waals surface area contributed by atoms with Gasteiger partial charge in [-0.2, -0.15) is 0 Å². The van der Waals surface area contributed by atoms with E-state index in [4.69, 9.17) is 5.73 Å². The van der Waals surface area contributed by atoms with Gasteiger partial charge in [0.05, 0.1) is 0 Å². The Balaban J connectivity index is 2.07. The van der Waals surface area contributed by atoms with E-state index >= 15 is 0 Å². The number of aromatic amines is 1. The molecule has 0 saturated carbocycles. The van der Waals surface area contributed by atoms with Crippen LogP contribution in [0.3, 0.4) is 0 Å². The van der Waals surface area contributed by atoms with Crippen molar-refractivity contribution in [3.05, 3.63) is 34.2 Å². The highest BCUT2D eigenvalue weighted by atomic mass is 16.2. The molecule has 0 aromatic carbocycles. The molecule has 0 bridgehead atoms. The van der Waals surface area contributed by atoms with Crippen molar-refractivity contribution in [2.45, 2.75) is 12.8 Å². The summed E-state index contributed by atoms with van der Waals surface area (Å²) in [6.45, 7) is 0.918. The lowest BCUT2D eigenvalue weighted by Crippen LogP contribution is -2.43. The molecule has 6 heteroatoms. The number of pyridine rings is 1. The summed E-state index contributed by atoms with van der Waals surface area (Å²) < 4.78 is 0. The molecule has 96 valence electrons. The molecule has 2 heterocycles. The van der Waals surface area contributed by atoms with Crippen molar-refractivity contribution in [2.75, 3.05) is 13.1 Å². The van der Waals surface area contributed by atoms with Crippen molar-refractivity contribution < 1.29 is 9.59 Å². The Morgan fingerprint density at radius 3 is 2.56 bits per heavy atom. The molecule has 2 amide bonds. The second-order valence-electron chi connectivity index (χ2n) is 4.38. The van der Waals surface area contributed by atoms with Crippen molar-refractivity contribution in [1.29, 1.82) is 0 Å². The SMILES string of the molecule is NC(=O)C1CCN(C(=O)c2ccc[nH]c2=O)CC1. The topological polar surface area (TPSA) is 96.3 Å². The number of H-pyrrole nitrogens is 1. The minimum atomic E-state index is -0.389. The van der Waals surface area contributed by atoms with Gasteiger partial charge in [-0.15, -0.1) is 0 Å². The first-order valence-corrected chi connectivity index (χ1v) is 5.86. The summed E-state index contributed by atoms with van der Waals surface area (Å²) in [5.74, 6) is -0.775. The smallest absolute Gasteiger partial charge is 0.260 e. The van der Waals surface area contributed by atoms with E-state index in [1.807, 2.05) is 0 Å². The van der Waals surface area contributed by atoms with E-state index in [9.17, 15) is 14.4 Å². The normalized spacial score (nSPS) is 16.6. The Labute approximate surface area is 104 Å². The average Bonchev–Trinajstić information content (AvgIpc) is 2.38. The van der Waals surface area contributed by atoms with Gasteiger partial charge in [0.1, 0.15) is 5.56 Å². The number of carbonyl (C=O) groups excluding carboxylic acids is 2. The molecule has 2 rings (SSSR count). The summed E-state index contributed by atoms with van der Waals surface area (Å²) in [6, 6.07) is 3.12. The number of aromatic nitrogens is 1. The Morgan fingerprint density at radius 2 is 2.00 bits per heavy atom. The highest BCUT2D eigenvalue weighted by Crippen LogP contribution is 2.17. The van der Waals surface area contributed by atoms with E-state index in [-0.39, 0.29) is 28.9 Å². The molecule has 3 N–H and O–H groups in total. The summed E-state index contributed by atoms with van der Waals surface area (Å²) in [5.41, 5.74) is 4.97. The maximum absolute atomic E-state index is 12.1. The van der Waals surface area contributed by atoms with Crippen LogP contribution in [-0.2, 0) is 4.79 Å². The monoisotopic (exact) mass is 249 g/mol. The molecule has 6 nitrogen and oxygen atoms in total. The van der Waals surface area contributed by atoms with Crippen LogP contribution in [0.1, 0.15) is 23.2 Å². The van der Waals surface area contributed by atoms with E-state index in [0.717, 1.165) is 0 Å². The Hall–Kier alpha value is -2.11. The summed E-state index contributed by atoms with van der Waals surface area (Å²) >= 11 is 0. The summed E-state index contributed by atoms with van der Waals surface area (Å²) in [7, 11) is 0. The van der Waals surface area contributed by atoms with Crippen molar-refractivity contribution in [2.24, 2.45) is 11.7 Å². The maximum Gasteiger partial charge on any atom is 0.260 e. The quantitative estimate of drug-likeness (QED) is 0.754. The first-order chi connectivity index (χ1) is 8.59. The zero-order valence-electron chi connectivity index (χ0n) is 9.89. The zero-order valence-corrected chi connectivity index (χ0v) is 9.89. The number of carbonyl (C=O) groups is 2. The van der Waals surface area contributed by atoms with Crippen LogP contribution >= 0.6 is 0 Å². The molecule has 18 heavy (non-hydrogen) atoms. The predicted octanol–water partition coefficient (Wildman–Crippen LogP) is -0.288. The summed E-state index contributed by atoms with van der Waals surface area (Å²) in [5, 5.41) is 0. The fourth-order valence-electron chi connectivity index (χ4n) is 2.13. The van der Waals surface area contributed by atoms with Crippen LogP contribution in [0.2, 0.25) is 0 Å². The van der Waals surface area contributed by atoms with Crippen molar-refractivity contribution in [1.82, 2.24) is 9.88 Å². The van der Waals surface area contributed by atoms with Gasteiger partial charge in [0.15, 0.2) is 0 Å². The molecule has 1 fully saturated rings. The summed E-state index contributed by atoms with van der Waals surface area (Å²) in [6.07, 6.45) is 2.61. The van der Waals surface area contributed by atoms with E-state index in [0.29, 0.717) is 25.9 Å². The number of hydrogen-bond acceptors (Lipinski definition) is 3. The van der Waals surface area contributed by atoms with Crippen molar-refractivity contribution >= 4 is 11.8 Å². The number of nitrogens with zero attached hydrogens (tertiary/aromatic N) is 1. The van der Waals surface area contributed by atoms with Gasteiger partial charge in [0.25, 0.3) is 11.5 Å². The fourth-order valence-corrected chi connectivity index (χ4v) is 2.13. The molecule has 1 aliphatic rings. The number of nitrogens with one attached hydrogen (secondary N) is 1. The largest absolute Gasteiger partial charge is 0.369 e. The van der Waals surface area contributed by atoms with Gasteiger partial charge >= 0.3 is 0 Å². The van der Waals surface area contributed by atoms with Crippen LogP contribution in [-0.4, -0.2) is 34.8 Å². The van der Waals surface area contributed by atoms with E-state index in [1.165, 1.54) is 12.3 Å². The van der Waals surface area contributed by atoms with Gasteiger partial charge in [-0.3, -0.25) is 14.4 Å². The van der Waals surface area contributed by atoms with Gasteiger partial charge in [-0.1, -0.05) is 0 Å². The fraction of sp³-hybridized carbons (Fsp3) is 0.417. The second kappa shape index (κ2) is 5.03. The lowest BCUT2D eigenvalue weighted by atomic mass is 9.96. The predicted molar refractivity (Wildman–Crippen MR) is 64.9 cm³/mol. The van der Waals surface area contributed by atoms with Crippen LogP contribution in [0.4, 0.5) is 0 Å². The van der Waals surface area contributed by atoms with Gasteiger partial charge in [-0.05, 0) is 25.0 Å². The number of hydrogen-bond donors (Lipinski definition) is 2. The Kier molecular flexibility index (Phi) is 3.45. The zero-order chi connectivity index (χ0) is 13.1. The minimum absolute atomic E-state index is 0.134. The van der Waals surface area contributed by atoms with E-state index in [2.05, 4.69) is 4.98 Å². The highest BCUT2D eigenvalue weighted by molar-refractivity contribution is 5.94. The first-order valence-electron chi connectivity index (χ1n) is 5.86. The standard InChI is InChI=1S/C12H15N3O3/c13-10(16)8-3-6-15(7-4-8)12(18)9-2-1-5-14-11(9)17/h1-2,5,8H,3-4,6-7H2,(H2,13,16)(H,14,17). The van der Waals surface area contributed by atoms with Gasteiger partial charge in [-0.25, -0.2) is 0 Å². The third-order valence-electron chi connectivity index (χ3n) is 3.23.